The zero-order valence-corrected chi connectivity index (χ0v) is 9.41. The summed E-state index contributed by atoms with van der Waals surface area (Å²) in [5.41, 5.74) is 5.90. The fraction of sp³-hybridized carbons (Fsp3) is 0.909. The van der Waals surface area contributed by atoms with Crippen LogP contribution < -0.4 is 11.1 Å². The summed E-state index contributed by atoms with van der Waals surface area (Å²) in [6.45, 7) is 3.85. The number of carbonyl (C=O) groups excluding carboxylic acids is 1. The predicted octanol–water partition coefficient (Wildman–Crippen LogP) is 0.0766. The molecule has 1 saturated carbocycles. The Bertz CT molecular complexity index is 240. The van der Waals surface area contributed by atoms with Gasteiger partial charge in [0.05, 0.1) is 6.04 Å². The molecule has 0 aromatic rings. The molecule has 1 saturated heterocycles. The van der Waals surface area contributed by atoms with Crippen molar-refractivity contribution < 1.29 is 4.79 Å². The number of hydrogen-bond donors (Lipinski definition) is 2. The van der Waals surface area contributed by atoms with Crippen LogP contribution >= 0.6 is 0 Å². The summed E-state index contributed by atoms with van der Waals surface area (Å²) >= 11 is 0. The number of rotatable bonds is 3. The highest BCUT2D eigenvalue weighted by Crippen LogP contribution is 2.19. The molecule has 0 bridgehead atoms. The van der Waals surface area contributed by atoms with Crippen molar-refractivity contribution in [2.75, 3.05) is 13.1 Å². The first-order valence-electron chi connectivity index (χ1n) is 5.97. The highest BCUT2D eigenvalue weighted by atomic mass is 16.2. The van der Waals surface area contributed by atoms with Gasteiger partial charge in [-0.3, -0.25) is 9.69 Å². The second kappa shape index (κ2) is 4.49. The van der Waals surface area contributed by atoms with Crippen molar-refractivity contribution in [1.29, 1.82) is 0 Å². The summed E-state index contributed by atoms with van der Waals surface area (Å²) in [6, 6.07) is 0.685. The van der Waals surface area contributed by atoms with E-state index in [2.05, 4.69) is 10.2 Å². The van der Waals surface area contributed by atoms with Gasteiger partial charge in [-0.15, -0.1) is 0 Å². The van der Waals surface area contributed by atoms with Gasteiger partial charge in [0.2, 0.25) is 5.91 Å². The topological polar surface area (TPSA) is 58.4 Å². The number of nitrogens with two attached hydrogens (primary N) is 1. The van der Waals surface area contributed by atoms with Crippen LogP contribution in [0.2, 0.25) is 0 Å². The third-order valence-electron chi connectivity index (χ3n) is 3.34. The van der Waals surface area contributed by atoms with Gasteiger partial charge in [-0.2, -0.15) is 0 Å². The average Bonchev–Trinajstić information content (AvgIpc) is 3.00. The minimum atomic E-state index is -0.0167. The minimum absolute atomic E-state index is 0.0167. The molecule has 4 heteroatoms. The lowest BCUT2D eigenvalue weighted by Crippen LogP contribution is -2.52. The van der Waals surface area contributed by atoms with E-state index in [9.17, 15) is 4.79 Å². The normalized spacial score (nSPS) is 29.9. The Morgan fingerprint density at radius 3 is 2.80 bits per heavy atom. The molecule has 2 aliphatic rings. The second-order valence-electron chi connectivity index (χ2n) is 4.86. The van der Waals surface area contributed by atoms with E-state index in [4.69, 9.17) is 5.73 Å². The number of hydrogen-bond acceptors (Lipinski definition) is 3. The van der Waals surface area contributed by atoms with Crippen LogP contribution in [0.4, 0.5) is 0 Å². The van der Waals surface area contributed by atoms with E-state index in [1.165, 1.54) is 0 Å². The van der Waals surface area contributed by atoms with Gasteiger partial charge in [-0.1, -0.05) is 0 Å². The lowest BCUT2D eigenvalue weighted by atomic mass is 10.0. The Morgan fingerprint density at radius 1 is 1.47 bits per heavy atom. The molecule has 2 rings (SSSR count). The first kappa shape index (κ1) is 10.9. The molecule has 2 fully saturated rings. The summed E-state index contributed by atoms with van der Waals surface area (Å²) in [6.07, 6.45) is 4.51. The molecule has 1 amide bonds. The maximum atomic E-state index is 11.8. The number of carbonyl (C=O) groups is 1. The van der Waals surface area contributed by atoms with Gasteiger partial charge in [-0.25, -0.2) is 0 Å². The van der Waals surface area contributed by atoms with Crippen LogP contribution in [0.1, 0.15) is 32.6 Å². The SMILES string of the molecule is CC(C(=O)NC1CC1)N1CCCC(N)C1. The molecule has 4 nitrogen and oxygen atoms in total. The van der Waals surface area contributed by atoms with E-state index >= 15 is 0 Å². The molecule has 2 unspecified atom stereocenters. The molecule has 3 N–H and O–H groups in total. The third kappa shape index (κ3) is 2.92. The number of piperidine rings is 1. The van der Waals surface area contributed by atoms with Crippen LogP contribution in [0.25, 0.3) is 0 Å². The van der Waals surface area contributed by atoms with Crippen molar-refractivity contribution >= 4 is 5.91 Å². The molecule has 0 radical (unpaired) electrons. The van der Waals surface area contributed by atoms with Crippen molar-refractivity contribution in [3.63, 3.8) is 0 Å². The van der Waals surface area contributed by atoms with Gasteiger partial charge in [0.25, 0.3) is 0 Å². The van der Waals surface area contributed by atoms with Gasteiger partial charge in [-0.05, 0) is 39.2 Å². The predicted molar refractivity (Wildman–Crippen MR) is 59.4 cm³/mol. The Balaban J connectivity index is 1.82. The molecule has 1 aliphatic carbocycles. The average molecular weight is 211 g/mol. The number of nitrogens with zero attached hydrogens (tertiary/aromatic N) is 1. The van der Waals surface area contributed by atoms with Crippen molar-refractivity contribution in [3.05, 3.63) is 0 Å². The lowest BCUT2D eigenvalue weighted by molar-refractivity contribution is -0.126. The molecular weight excluding hydrogens is 190 g/mol. The van der Waals surface area contributed by atoms with Crippen molar-refractivity contribution in [3.8, 4) is 0 Å². The van der Waals surface area contributed by atoms with Crippen molar-refractivity contribution in [2.45, 2.75) is 50.7 Å². The van der Waals surface area contributed by atoms with Crippen LogP contribution in [0.3, 0.4) is 0 Å². The Hall–Kier alpha value is -0.610. The number of amides is 1. The molecule has 0 aromatic heterocycles. The summed E-state index contributed by atoms with van der Waals surface area (Å²) in [5, 5.41) is 3.04. The van der Waals surface area contributed by atoms with Crippen LogP contribution in [0, 0.1) is 0 Å². The van der Waals surface area contributed by atoms with Crippen LogP contribution in [0.15, 0.2) is 0 Å². The van der Waals surface area contributed by atoms with Gasteiger partial charge in [0, 0.05) is 18.6 Å². The zero-order valence-electron chi connectivity index (χ0n) is 9.41. The number of nitrogens with one attached hydrogen (secondary N) is 1. The third-order valence-corrected chi connectivity index (χ3v) is 3.34. The first-order chi connectivity index (χ1) is 7.16. The van der Waals surface area contributed by atoms with Crippen LogP contribution in [0.5, 0.6) is 0 Å². The second-order valence-corrected chi connectivity index (χ2v) is 4.86. The zero-order chi connectivity index (χ0) is 10.8. The fourth-order valence-electron chi connectivity index (χ4n) is 2.11. The summed E-state index contributed by atoms with van der Waals surface area (Å²) in [5.74, 6) is 0.173. The van der Waals surface area contributed by atoms with E-state index in [1.54, 1.807) is 0 Å². The fourth-order valence-corrected chi connectivity index (χ4v) is 2.11. The molecule has 15 heavy (non-hydrogen) atoms. The monoisotopic (exact) mass is 211 g/mol. The molecule has 1 heterocycles. The maximum Gasteiger partial charge on any atom is 0.237 e. The van der Waals surface area contributed by atoms with Crippen molar-refractivity contribution in [2.24, 2.45) is 5.73 Å². The Kier molecular flexibility index (Phi) is 3.26. The number of likely N-dealkylation sites (tertiary alicyclic amines) is 1. The van der Waals surface area contributed by atoms with Gasteiger partial charge in [0.15, 0.2) is 0 Å². The van der Waals surface area contributed by atoms with Crippen molar-refractivity contribution in [1.82, 2.24) is 10.2 Å². The standard InChI is InChI=1S/C11H21N3O/c1-8(11(15)13-10-4-5-10)14-6-2-3-9(12)7-14/h8-10H,2-7,12H2,1H3,(H,13,15). The summed E-state index contributed by atoms with van der Waals surface area (Å²) < 4.78 is 0. The quantitative estimate of drug-likeness (QED) is 0.695. The lowest BCUT2D eigenvalue weighted by Gasteiger charge is -2.34. The Morgan fingerprint density at radius 2 is 2.20 bits per heavy atom. The highest BCUT2D eigenvalue weighted by molar-refractivity contribution is 5.81. The molecule has 1 aliphatic heterocycles. The molecule has 86 valence electrons. The van der Waals surface area contributed by atoms with Crippen LogP contribution in [-0.4, -0.2) is 42.0 Å². The molecular formula is C11H21N3O. The minimum Gasteiger partial charge on any atom is -0.352 e. The summed E-state index contributed by atoms with van der Waals surface area (Å²) in [7, 11) is 0. The highest BCUT2D eigenvalue weighted by Gasteiger charge is 2.29. The summed E-state index contributed by atoms with van der Waals surface area (Å²) in [4.78, 5) is 14.0. The van der Waals surface area contributed by atoms with Gasteiger partial charge in [0.1, 0.15) is 0 Å². The first-order valence-corrected chi connectivity index (χ1v) is 5.97. The van der Waals surface area contributed by atoms with E-state index in [0.29, 0.717) is 6.04 Å². The van der Waals surface area contributed by atoms with E-state index < -0.39 is 0 Å². The smallest absolute Gasteiger partial charge is 0.237 e. The van der Waals surface area contributed by atoms with Gasteiger partial charge < -0.3 is 11.1 Å². The van der Waals surface area contributed by atoms with E-state index in [-0.39, 0.29) is 18.0 Å². The van der Waals surface area contributed by atoms with E-state index in [0.717, 1.165) is 38.8 Å². The maximum absolute atomic E-state index is 11.8. The molecule has 2 atom stereocenters. The largest absolute Gasteiger partial charge is 0.352 e. The Labute approximate surface area is 91.2 Å². The van der Waals surface area contributed by atoms with E-state index in [1.807, 2.05) is 6.92 Å². The van der Waals surface area contributed by atoms with Crippen LogP contribution in [-0.2, 0) is 4.79 Å². The van der Waals surface area contributed by atoms with Gasteiger partial charge >= 0.3 is 0 Å². The molecule has 0 aromatic carbocycles. The molecule has 0 spiro atoms.